The second-order valence-electron chi connectivity index (χ2n) is 5.38. The molecular formula is C15H19N5. The van der Waals surface area contributed by atoms with Crippen molar-refractivity contribution in [2.24, 2.45) is 5.11 Å². The van der Waals surface area contributed by atoms with Crippen LogP contribution >= 0.6 is 0 Å². The lowest BCUT2D eigenvalue weighted by Gasteiger charge is -2.20. The zero-order valence-corrected chi connectivity index (χ0v) is 12.3. The van der Waals surface area contributed by atoms with Gasteiger partial charge in [0.25, 0.3) is 0 Å². The Morgan fingerprint density at radius 3 is 2.25 bits per heavy atom. The molecule has 5 heteroatoms. The summed E-state index contributed by atoms with van der Waals surface area (Å²) in [5, 5.41) is 3.68. The van der Waals surface area contributed by atoms with Crippen molar-refractivity contribution in [3.05, 3.63) is 52.2 Å². The number of nitrogens with zero attached hydrogens (tertiary/aromatic N) is 5. The van der Waals surface area contributed by atoms with Gasteiger partial charge in [0.1, 0.15) is 0 Å². The first-order valence-electron chi connectivity index (χ1n) is 6.77. The number of benzene rings is 1. The first-order valence-corrected chi connectivity index (χ1v) is 6.77. The molecule has 2 aromatic rings. The van der Waals surface area contributed by atoms with Crippen molar-refractivity contribution in [2.45, 2.75) is 39.5 Å². The molecule has 0 saturated heterocycles. The van der Waals surface area contributed by atoms with Crippen LogP contribution in [0, 0.1) is 0 Å². The monoisotopic (exact) mass is 269 g/mol. The highest BCUT2D eigenvalue weighted by Crippen LogP contribution is 2.33. The topological polar surface area (TPSA) is 66.6 Å². The Balaban J connectivity index is 2.76. The molecule has 5 nitrogen and oxygen atoms in total. The van der Waals surface area contributed by atoms with E-state index >= 15 is 0 Å². The van der Waals surface area contributed by atoms with Gasteiger partial charge in [-0.05, 0) is 33.6 Å². The van der Waals surface area contributed by atoms with Crippen LogP contribution in [0.2, 0.25) is 0 Å². The largest absolute Gasteiger partial charge is 0.298 e. The fourth-order valence-electron chi connectivity index (χ4n) is 2.37. The van der Waals surface area contributed by atoms with Gasteiger partial charge in [-0.1, -0.05) is 45.9 Å². The number of hydrogen-bond donors (Lipinski definition) is 0. The zero-order valence-electron chi connectivity index (χ0n) is 12.3. The van der Waals surface area contributed by atoms with E-state index in [1.54, 1.807) is 6.20 Å². The Labute approximate surface area is 118 Å². The lowest BCUT2D eigenvalue weighted by atomic mass is 9.92. The van der Waals surface area contributed by atoms with Crippen LogP contribution in [0.25, 0.3) is 16.1 Å². The number of aromatic nitrogens is 2. The highest BCUT2D eigenvalue weighted by molar-refractivity contribution is 5.54. The minimum absolute atomic E-state index is 0.377. The van der Waals surface area contributed by atoms with Crippen molar-refractivity contribution in [1.29, 1.82) is 0 Å². The minimum Gasteiger partial charge on any atom is -0.298 e. The van der Waals surface area contributed by atoms with Gasteiger partial charge in [0.15, 0.2) is 0 Å². The lowest BCUT2D eigenvalue weighted by molar-refractivity contribution is 0.805. The summed E-state index contributed by atoms with van der Waals surface area (Å²) >= 11 is 0. The SMILES string of the molecule is CC(C)c1cccc(C(C)C)c1-n1ccnc1N=[N+]=[N-]. The third-order valence-electron chi connectivity index (χ3n) is 3.34. The maximum absolute atomic E-state index is 8.67. The number of para-hydroxylation sites is 1. The number of imidazole rings is 1. The molecule has 0 radical (unpaired) electrons. The average Bonchev–Trinajstić information content (AvgIpc) is 2.86. The van der Waals surface area contributed by atoms with Crippen LogP contribution in [0.3, 0.4) is 0 Å². The molecule has 1 aromatic heterocycles. The van der Waals surface area contributed by atoms with Gasteiger partial charge in [-0.3, -0.25) is 4.57 Å². The Bertz CT molecular complexity index is 622. The number of hydrogen-bond acceptors (Lipinski definition) is 2. The Morgan fingerprint density at radius 1 is 1.15 bits per heavy atom. The molecule has 0 aliphatic heterocycles. The molecule has 0 aliphatic carbocycles. The molecular weight excluding hydrogens is 250 g/mol. The highest BCUT2D eigenvalue weighted by atomic mass is 15.3. The maximum atomic E-state index is 8.67. The van der Waals surface area contributed by atoms with Gasteiger partial charge < -0.3 is 0 Å². The fraction of sp³-hybridized carbons (Fsp3) is 0.400. The van der Waals surface area contributed by atoms with Gasteiger partial charge in [0.05, 0.1) is 5.69 Å². The summed E-state index contributed by atoms with van der Waals surface area (Å²) in [4.78, 5) is 6.98. The third-order valence-corrected chi connectivity index (χ3v) is 3.34. The van der Waals surface area contributed by atoms with Gasteiger partial charge >= 0.3 is 0 Å². The van der Waals surface area contributed by atoms with Gasteiger partial charge in [-0.15, -0.1) is 0 Å². The summed E-state index contributed by atoms with van der Waals surface area (Å²) in [5.74, 6) is 1.14. The summed E-state index contributed by atoms with van der Waals surface area (Å²) in [7, 11) is 0. The standard InChI is InChI=1S/C15H19N5/c1-10(2)12-6-5-7-13(11(3)4)14(12)20-9-8-17-15(20)18-19-16/h5-11H,1-4H3. The van der Waals surface area contributed by atoms with E-state index in [4.69, 9.17) is 5.53 Å². The predicted octanol–water partition coefficient (Wildman–Crippen LogP) is 5.06. The Morgan fingerprint density at radius 2 is 1.75 bits per heavy atom. The van der Waals surface area contributed by atoms with Gasteiger partial charge in [0.2, 0.25) is 5.95 Å². The summed E-state index contributed by atoms with van der Waals surface area (Å²) < 4.78 is 1.88. The second-order valence-corrected chi connectivity index (χ2v) is 5.38. The summed E-state index contributed by atoms with van der Waals surface area (Å²) in [6, 6.07) is 6.32. The van der Waals surface area contributed by atoms with Crippen molar-refractivity contribution < 1.29 is 0 Å². The second kappa shape index (κ2) is 5.80. The molecule has 0 N–H and O–H groups in total. The van der Waals surface area contributed by atoms with Gasteiger partial charge in [0, 0.05) is 17.3 Å². The number of rotatable bonds is 4. The van der Waals surface area contributed by atoms with E-state index in [2.05, 4.69) is 60.9 Å². The molecule has 0 saturated carbocycles. The quantitative estimate of drug-likeness (QED) is 0.434. The number of azide groups is 1. The molecule has 1 aromatic carbocycles. The molecule has 104 valence electrons. The van der Waals surface area contributed by atoms with Crippen LogP contribution < -0.4 is 0 Å². The first kappa shape index (κ1) is 14.2. The third kappa shape index (κ3) is 2.53. The van der Waals surface area contributed by atoms with Crippen LogP contribution in [0.4, 0.5) is 5.95 Å². The van der Waals surface area contributed by atoms with Crippen molar-refractivity contribution in [1.82, 2.24) is 9.55 Å². The Hall–Kier alpha value is -2.26. The molecule has 0 amide bonds. The molecule has 0 unspecified atom stereocenters. The smallest absolute Gasteiger partial charge is 0.201 e. The van der Waals surface area contributed by atoms with E-state index in [0.717, 1.165) is 5.69 Å². The van der Waals surface area contributed by atoms with Crippen LogP contribution in [-0.2, 0) is 0 Å². The maximum Gasteiger partial charge on any atom is 0.201 e. The van der Waals surface area contributed by atoms with Crippen molar-refractivity contribution in [3.63, 3.8) is 0 Å². The van der Waals surface area contributed by atoms with E-state index in [9.17, 15) is 0 Å². The molecule has 0 spiro atoms. The lowest BCUT2D eigenvalue weighted by Crippen LogP contribution is -2.06. The molecule has 2 rings (SSSR count). The van der Waals surface area contributed by atoms with Crippen molar-refractivity contribution in [2.75, 3.05) is 0 Å². The van der Waals surface area contributed by atoms with E-state index in [-0.39, 0.29) is 0 Å². The normalized spacial score (nSPS) is 10.9. The van der Waals surface area contributed by atoms with Crippen molar-refractivity contribution in [3.8, 4) is 5.69 Å². The van der Waals surface area contributed by atoms with Crippen LogP contribution in [0.1, 0.15) is 50.7 Å². The van der Waals surface area contributed by atoms with Crippen LogP contribution in [0.5, 0.6) is 0 Å². The highest BCUT2D eigenvalue weighted by Gasteiger charge is 2.17. The molecule has 0 atom stereocenters. The molecule has 1 heterocycles. The minimum atomic E-state index is 0.377. The summed E-state index contributed by atoms with van der Waals surface area (Å²) in [5.41, 5.74) is 12.2. The fourth-order valence-corrected chi connectivity index (χ4v) is 2.37. The molecule has 0 aliphatic rings. The first-order chi connectivity index (χ1) is 9.56. The predicted molar refractivity (Wildman–Crippen MR) is 80.5 cm³/mol. The summed E-state index contributed by atoms with van der Waals surface area (Å²) in [6.07, 6.45) is 3.50. The van der Waals surface area contributed by atoms with Crippen LogP contribution in [-0.4, -0.2) is 9.55 Å². The van der Waals surface area contributed by atoms with Gasteiger partial charge in [-0.2, -0.15) is 0 Å². The van der Waals surface area contributed by atoms with Crippen LogP contribution in [0.15, 0.2) is 35.7 Å². The van der Waals surface area contributed by atoms with E-state index in [1.807, 2.05) is 10.8 Å². The molecule has 0 bridgehead atoms. The van der Waals surface area contributed by atoms with E-state index in [1.165, 1.54) is 11.1 Å². The Kier molecular flexibility index (Phi) is 4.11. The summed E-state index contributed by atoms with van der Waals surface area (Å²) in [6.45, 7) is 8.64. The van der Waals surface area contributed by atoms with Crippen molar-refractivity contribution >= 4 is 5.95 Å². The van der Waals surface area contributed by atoms with E-state index in [0.29, 0.717) is 17.8 Å². The van der Waals surface area contributed by atoms with Gasteiger partial charge in [-0.25, -0.2) is 4.98 Å². The molecule has 0 fully saturated rings. The van der Waals surface area contributed by atoms with E-state index < -0.39 is 0 Å². The zero-order chi connectivity index (χ0) is 14.7. The average molecular weight is 269 g/mol. The molecule has 20 heavy (non-hydrogen) atoms.